The van der Waals surface area contributed by atoms with E-state index in [9.17, 15) is 4.79 Å². The third kappa shape index (κ3) is 2.61. The normalized spacial score (nSPS) is 14.5. The van der Waals surface area contributed by atoms with Crippen LogP contribution >= 0.6 is 0 Å². The summed E-state index contributed by atoms with van der Waals surface area (Å²) in [6, 6.07) is 4.94. The number of rotatable bonds is 5. The van der Waals surface area contributed by atoms with Crippen LogP contribution in [0.3, 0.4) is 0 Å². The molecule has 0 radical (unpaired) electrons. The molecule has 0 bridgehead atoms. The third-order valence-corrected chi connectivity index (χ3v) is 3.61. The number of hydrogen-bond acceptors (Lipinski definition) is 3. The van der Waals surface area contributed by atoms with Crippen LogP contribution in [0.2, 0.25) is 0 Å². The van der Waals surface area contributed by atoms with Gasteiger partial charge in [0.15, 0.2) is 0 Å². The van der Waals surface area contributed by atoms with Crippen molar-refractivity contribution in [2.75, 3.05) is 7.11 Å². The molecule has 0 aliphatic carbocycles. The molecule has 0 saturated heterocycles. The summed E-state index contributed by atoms with van der Waals surface area (Å²) in [5.41, 5.74) is 1.59. The maximum absolute atomic E-state index is 11.0. The second kappa shape index (κ2) is 5.01. The molecule has 2 rings (SSSR count). The van der Waals surface area contributed by atoms with Crippen LogP contribution in [0.15, 0.2) is 24.5 Å². The SMILES string of the molecule is CCC(C)(Cn1cnc2ccc(C(=O)O)cc21)OC. The van der Waals surface area contributed by atoms with E-state index in [1.165, 1.54) is 0 Å². The lowest BCUT2D eigenvalue weighted by Gasteiger charge is -2.27. The Hall–Kier alpha value is -1.88. The Morgan fingerprint density at radius 1 is 1.53 bits per heavy atom. The predicted molar refractivity (Wildman–Crippen MR) is 72.4 cm³/mol. The summed E-state index contributed by atoms with van der Waals surface area (Å²) in [5, 5.41) is 9.04. The van der Waals surface area contributed by atoms with E-state index in [2.05, 4.69) is 11.9 Å². The molecule has 1 aromatic heterocycles. The van der Waals surface area contributed by atoms with Crippen molar-refractivity contribution in [3.8, 4) is 0 Å². The standard InChI is InChI=1S/C14H18N2O3/c1-4-14(2,19-3)8-16-9-15-11-6-5-10(13(17)18)7-12(11)16/h5-7,9H,4,8H2,1-3H3,(H,17,18). The van der Waals surface area contributed by atoms with Crippen molar-refractivity contribution >= 4 is 17.0 Å². The van der Waals surface area contributed by atoms with Crippen LogP contribution < -0.4 is 0 Å². The molecular weight excluding hydrogens is 244 g/mol. The van der Waals surface area contributed by atoms with Gasteiger partial charge in [0, 0.05) is 7.11 Å². The van der Waals surface area contributed by atoms with Crippen LogP contribution in [0.25, 0.3) is 11.0 Å². The lowest BCUT2D eigenvalue weighted by molar-refractivity contribution is -0.0105. The fraction of sp³-hybridized carbons (Fsp3) is 0.429. The van der Waals surface area contributed by atoms with Gasteiger partial charge in [0.25, 0.3) is 0 Å². The average Bonchev–Trinajstić information content (AvgIpc) is 2.81. The van der Waals surface area contributed by atoms with E-state index in [0.29, 0.717) is 6.54 Å². The van der Waals surface area contributed by atoms with E-state index >= 15 is 0 Å². The third-order valence-electron chi connectivity index (χ3n) is 3.61. The number of ether oxygens (including phenoxy) is 1. The van der Waals surface area contributed by atoms with Crippen LogP contribution in [0.5, 0.6) is 0 Å². The largest absolute Gasteiger partial charge is 0.478 e. The van der Waals surface area contributed by atoms with Crippen LogP contribution in [0.1, 0.15) is 30.6 Å². The van der Waals surface area contributed by atoms with Crippen molar-refractivity contribution in [3.05, 3.63) is 30.1 Å². The predicted octanol–water partition coefficient (Wildman–Crippen LogP) is 2.55. The second-order valence-corrected chi connectivity index (χ2v) is 4.89. The minimum atomic E-state index is -0.931. The van der Waals surface area contributed by atoms with Gasteiger partial charge in [0.05, 0.1) is 35.1 Å². The number of carboxylic acids is 1. The highest BCUT2D eigenvalue weighted by molar-refractivity contribution is 5.92. The molecule has 1 heterocycles. The van der Waals surface area contributed by atoms with Gasteiger partial charge in [-0.3, -0.25) is 0 Å². The highest BCUT2D eigenvalue weighted by Crippen LogP contribution is 2.21. The molecule has 0 saturated carbocycles. The first-order valence-electron chi connectivity index (χ1n) is 6.22. The van der Waals surface area contributed by atoms with Gasteiger partial charge in [-0.2, -0.15) is 0 Å². The van der Waals surface area contributed by atoms with Gasteiger partial charge in [-0.25, -0.2) is 9.78 Å². The molecule has 2 aromatic rings. The Labute approximate surface area is 111 Å². The molecule has 102 valence electrons. The van der Waals surface area contributed by atoms with Crippen molar-refractivity contribution in [3.63, 3.8) is 0 Å². The van der Waals surface area contributed by atoms with Crippen molar-refractivity contribution in [1.29, 1.82) is 0 Å². The Morgan fingerprint density at radius 2 is 2.26 bits per heavy atom. The Kier molecular flexibility index (Phi) is 3.57. The number of aromatic nitrogens is 2. The number of hydrogen-bond donors (Lipinski definition) is 1. The second-order valence-electron chi connectivity index (χ2n) is 4.89. The van der Waals surface area contributed by atoms with Crippen molar-refractivity contribution < 1.29 is 14.6 Å². The summed E-state index contributed by atoms with van der Waals surface area (Å²) in [4.78, 5) is 15.3. The van der Waals surface area contributed by atoms with Gasteiger partial charge < -0.3 is 14.4 Å². The first-order valence-corrected chi connectivity index (χ1v) is 6.22. The fourth-order valence-corrected chi connectivity index (χ4v) is 2.00. The lowest BCUT2D eigenvalue weighted by atomic mass is 10.0. The van der Waals surface area contributed by atoms with Crippen molar-refractivity contribution in [1.82, 2.24) is 9.55 Å². The molecule has 0 amide bonds. The molecule has 0 spiro atoms. The maximum atomic E-state index is 11.0. The quantitative estimate of drug-likeness (QED) is 0.899. The van der Waals surface area contributed by atoms with E-state index in [0.717, 1.165) is 17.5 Å². The minimum Gasteiger partial charge on any atom is -0.478 e. The summed E-state index contributed by atoms with van der Waals surface area (Å²) < 4.78 is 7.46. The highest BCUT2D eigenvalue weighted by atomic mass is 16.5. The smallest absolute Gasteiger partial charge is 0.335 e. The zero-order valence-corrected chi connectivity index (χ0v) is 11.4. The van der Waals surface area contributed by atoms with Crippen LogP contribution in [0, 0.1) is 0 Å². The number of methoxy groups -OCH3 is 1. The molecule has 1 atom stereocenters. The van der Waals surface area contributed by atoms with Gasteiger partial charge in [-0.1, -0.05) is 6.92 Å². The molecule has 19 heavy (non-hydrogen) atoms. The summed E-state index contributed by atoms with van der Waals surface area (Å²) in [6.45, 7) is 4.73. The summed E-state index contributed by atoms with van der Waals surface area (Å²) in [6.07, 6.45) is 2.59. The van der Waals surface area contributed by atoms with Crippen LogP contribution in [-0.2, 0) is 11.3 Å². The Balaban J connectivity index is 2.44. The van der Waals surface area contributed by atoms with Crippen molar-refractivity contribution in [2.24, 2.45) is 0 Å². The molecule has 0 aliphatic rings. The molecule has 5 nitrogen and oxygen atoms in total. The number of imidazole rings is 1. The highest BCUT2D eigenvalue weighted by Gasteiger charge is 2.22. The van der Waals surface area contributed by atoms with Gasteiger partial charge in [0.1, 0.15) is 0 Å². The van der Waals surface area contributed by atoms with Crippen LogP contribution in [0.4, 0.5) is 0 Å². The Bertz CT molecular complexity index is 600. The summed E-state index contributed by atoms with van der Waals surface area (Å²) in [7, 11) is 1.69. The fourth-order valence-electron chi connectivity index (χ4n) is 2.00. The van der Waals surface area contributed by atoms with E-state index in [-0.39, 0.29) is 11.2 Å². The van der Waals surface area contributed by atoms with E-state index in [1.54, 1.807) is 31.6 Å². The van der Waals surface area contributed by atoms with Crippen molar-refractivity contribution in [2.45, 2.75) is 32.4 Å². The zero-order valence-electron chi connectivity index (χ0n) is 11.4. The number of nitrogens with zero attached hydrogens (tertiary/aromatic N) is 2. The minimum absolute atomic E-state index is 0.268. The van der Waals surface area contributed by atoms with Crippen LogP contribution in [-0.4, -0.2) is 33.3 Å². The number of fused-ring (bicyclic) bond motifs is 1. The van der Waals surface area contributed by atoms with Gasteiger partial charge in [-0.05, 0) is 31.5 Å². The number of aromatic carboxylic acids is 1. The molecule has 1 N–H and O–H groups in total. The molecule has 0 aliphatic heterocycles. The molecule has 1 aromatic carbocycles. The molecule has 5 heteroatoms. The zero-order chi connectivity index (χ0) is 14.0. The van der Waals surface area contributed by atoms with E-state index in [4.69, 9.17) is 9.84 Å². The van der Waals surface area contributed by atoms with Gasteiger partial charge >= 0.3 is 5.97 Å². The topological polar surface area (TPSA) is 64.4 Å². The molecule has 1 unspecified atom stereocenters. The molecular formula is C14H18N2O3. The molecule has 0 fully saturated rings. The first kappa shape index (κ1) is 13.5. The number of carboxylic acid groups (broad SMARTS) is 1. The average molecular weight is 262 g/mol. The summed E-state index contributed by atoms with van der Waals surface area (Å²) >= 11 is 0. The van der Waals surface area contributed by atoms with Gasteiger partial charge in [0.2, 0.25) is 0 Å². The Morgan fingerprint density at radius 3 is 2.84 bits per heavy atom. The lowest BCUT2D eigenvalue weighted by Crippen LogP contribution is -2.31. The first-order chi connectivity index (χ1) is 8.99. The number of carbonyl (C=O) groups is 1. The monoisotopic (exact) mass is 262 g/mol. The van der Waals surface area contributed by atoms with E-state index in [1.807, 2.05) is 11.5 Å². The maximum Gasteiger partial charge on any atom is 0.335 e. The van der Waals surface area contributed by atoms with E-state index < -0.39 is 5.97 Å². The number of benzene rings is 1. The summed E-state index contributed by atoms with van der Waals surface area (Å²) in [5.74, 6) is -0.931. The van der Waals surface area contributed by atoms with Gasteiger partial charge in [-0.15, -0.1) is 0 Å².